The van der Waals surface area contributed by atoms with E-state index in [-0.39, 0.29) is 29.4 Å². The van der Waals surface area contributed by atoms with E-state index in [0.29, 0.717) is 18.3 Å². The Morgan fingerprint density at radius 2 is 2.00 bits per heavy atom. The zero-order valence-electron chi connectivity index (χ0n) is 14.1. The Morgan fingerprint density at radius 3 is 2.58 bits per heavy atom. The molecule has 2 N–H and O–H groups in total. The van der Waals surface area contributed by atoms with Gasteiger partial charge in [0.05, 0.1) is 0 Å². The van der Waals surface area contributed by atoms with E-state index in [4.69, 9.17) is 4.52 Å². The maximum absolute atomic E-state index is 5.10. The highest BCUT2D eigenvalue weighted by molar-refractivity contribution is 14.0. The maximum Gasteiger partial charge on any atom is 0.248 e. The van der Waals surface area contributed by atoms with Crippen LogP contribution in [-0.2, 0) is 12.0 Å². The first-order valence-electron chi connectivity index (χ1n) is 8.09. The molecular formula is C17H24IN5O. The van der Waals surface area contributed by atoms with Crippen molar-refractivity contribution in [2.75, 3.05) is 13.1 Å². The standard InChI is InChI=1S/C17H23N5O.HI/c1-3-18-16(19-11-15-21-13(2)22-23-15)20-12-17(9-10-17)14-7-5-4-6-8-14;/h4-8H,3,9-12H2,1-2H3,(H2,18,19,20);1H. The number of nitrogens with zero attached hydrogens (tertiary/aromatic N) is 3. The first-order chi connectivity index (χ1) is 11.2. The Hall–Kier alpha value is -1.64. The lowest BCUT2D eigenvalue weighted by molar-refractivity contribution is 0.376. The molecule has 130 valence electrons. The number of hydrogen-bond donors (Lipinski definition) is 2. The summed E-state index contributed by atoms with van der Waals surface area (Å²) >= 11 is 0. The fraction of sp³-hybridized carbons (Fsp3) is 0.471. The predicted molar refractivity (Wildman–Crippen MR) is 105 cm³/mol. The Bertz CT molecular complexity index is 667. The van der Waals surface area contributed by atoms with Crippen molar-refractivity contribution in [3.8, 4) is 0 Å². The van der Waals surface area contributed by atoms with Gasteiger partial charge in [0.25, 0.3) is 0 Å². The van der Waals surface area contributed by atoms with E-state index in [1.54, 1.807) is 6.92 Å². The van der Waals surface area contributed by atoms with Crippen molar-refractivity contribution < 1.29 is 4.52 Å². The minimum absolute atomic E-state index is 0. The highest BCUT2D eigenvalue weighted by atomic mass is 127. The Balaban J connectivity index is 0.00000208. The van der Waals surface area contributed by atoms with Gasteiger partial charge in [-0.05, 0) is 32.3 Å². The van der Waals surface area contributed by atoms with E-state index in [9.17, 15) is 0 Å². The number of hydrogen-bond acceptors (Lipinski definition) is 4. The van der Waals surface area contributed by atoms with Crippen LogP contribution in [0.25, 0.3) is 0 Å². The summed E-state index contributed by atoms with van der Waals surface area (Å²) in [5.41, 5.74) is 1.65. The third kappa shape index (κ3) is 4.68. The lowest BCUT2D eigenvalue weighted by Gasteiger charge is -2.18. The summed E-state index contributed by atoms with van der Waals surface area (Å²) in [6, 6.07) is 10.7. The zero-order chi connectivity index (χ0) is 16.1. The monoisotopic (exact) mass is 441 g/mol. The number of guanidine groups is 1. The average molecular weight is 441 g/mol. The highest BCUT2D eigenvalue weighted by Crippen LogP contribution is 2.47. The maximum atomic E-state index is 5.10. The number of nitrogens with one attached hydrogen (secondary N) is 2. The largest absolute Gasteiger partial charge is 0.357 e. The zero-order valence-corrected chi connectivity index (χ0v) is 16.4. The van der Waals surface area contributed by atoms with Crippen LogP contribution in [0.2, 0.25) is 0 Å². The molecule has 1 saturated carbocycles. The van der Waals surface area contributed by atoms with E-state index in [1.165, 1.54) is 18.4 Å². The third-order valence-corrected chi connectivity index (χ3v) is 4.12. The molecule has 1 fully saturated rings. The minimum Gasteiger partial charge on any atom is -0.357 e. The second kappa shape index (κ2) is 8.46. The summed E-state index contributed by atoms with van der Waals surface area (Å²) in [7, 11) is 0. The predicted octanol–water partition coefficient (Wildman–Crippen LogP) is 2.78. The SMILES string of the molecule is CCNC(=NCc1nc(C)no1)NCC1(c2ccccc2)CC1.I. The Labute approximate surface area is 159 Å². The lowest BCUT2D eigenvalue weighted by Crippen LogP contribution is -2.41. The van der Waals surface area contributed by atoms with Crippen molar-refractivity contribution in [3.05, 3.63) is 47.6 Å². The molecular weight excluding hydrogens is 417 g/mol. The summed E-state index contributed by atoms with van der Waals surface area (Å²) in [4.78, 5) is 8.69. The average Bonchev–Trinajstić information content (AvgIpc) is 3.26. The van der Waals surface area contributed by atoms with Crippen LogP contribution in [0.4, 0.5) is 0 Å². The fourth-order valence-corrected chi connectivity index (χ4v) is 2.66. The molecule has 6 nitrogen and oxygen atoms in total. The first kappa shape index (κ1) is 18.7. The van der Waals surface area contributed by atoms with Gasteiger partial charge in [-0.3, -0.25) is 0 Å². The molecule has 3 rings (SSSR count). The van der Waals surface area contributed by atoms with Crippen molar-refractivity contribution in [1.82, 2.24) is 20.8 Å². The molecule has 0 unspecified atom stereocenters. The number of halogens is 1. The van der Waals surface area contributed by atoms with Crippen LogP contribution in [0.5, 0.6) is 0 Å². The molecule has 1 aliphatic rings. The van der Waals surface area contributed by atoms with E-state index in [2.05, 4.69) is 63.0 Å². The van der Waals surface area contributed by atoms with Gasteiger partial charge in [0, 0.05) is 18.5 Å². The molecule has 24 heavy (non-hydrogen) atoms. The van der Waals surface area contributed by atoms with E-state index in [1.807, 2.05) is 0 Å². The minimum atomic E-state index is 0. The number of aliphatic imine (C=N–C) groups is 1. The molecule has 0 saturated heterocycles. The topological polar surface area (TPSA) is 75.3 Å². The summed E-state index contributed by atoms with van der Waals surface area (Å²) in [6.45, 7) is 5.93. The smallest absolute Gasteiger partial charge is 0.248 e. The molecule has 0 spiro atoms. The molecule has 1 heterocycles. The van der Waals surface area contributed by atoms with Gasteiger partial charge in [-0.1, -0.05) is 35.5 Å². The van der Waals surface area contributed by atoms with E-state index in [0.717, 1.165) is 19.0 Å². The second-order valence-corrected chi connectivity index (χ2v) is 5.93. The van der Waals surface area contributed by atoms with Crippen molar-refractivity contribution in [1.29, 1.82) is 0 Å². The van der Waals surface area contributed by atoms with Crippen molar-refractivity contribution >= 4 is 29.9 Å². The van der Waals surface area contributed by atoms with E-state index >= 15 is 0 Å². The molecule has 0 aliphatic heterocycles. The summed E-state index contributed by atoms with van der Waals surface area (Å²) < 4.78 is 5.10. The molecule has 1 aromatic carbocycles. The van der Waals surface area contributed by atoms with Gasteiger partial charge in [-0.25, -0.2) is 4.99 Å². The van der Waals surface area contributed by atoms with Crippen LogP contribution >= 0.6 is 24.0 Å². The van der Waals surface area contributed by atoms with Gasteiger partial charge >= 0.3 is 0 Å². The van der Waals surface area contributed by atoms with E-state index < -0.39 is 0 Å². The van der Waals surface area contributed by atoms with Crippen LogP contribution in [0.15, 0.2) is 39.8 Å². The summed E-state index contributed by atoms with van der Waals surface area (Å²) in [5.74, 6) is 1.95. The van der Waals surface area contributed by atoms with Gasteiger partial charge in [0.15, 0.2) is 11.8 Å². The quantitative estimate of drug-likeness (QED) is 0.410. The number of aryl methyl sites for hydroxylation is 1. The third-order valence-electron chi connectivity index (χ3n) is 4.12. The Kier molecular flexibility index (Phi) is 6.59. The molecule has 0 atom stereocenters. The van der Waals surface area contributed by atoms with Crippen LogP contribution in [0.3, 0.4) is 0 Å². The molecule has 0 amide bonds. The number of benzene rings is 1. The van der Waals surface area contributed by atoms with Crippen LogP contribution in [0.1, 0.15) is 37.0 Å². The summed E-state index contributed by atoms with van der Waals surface area (Å²) in [5, 5.41) is 10.5. The first-order valence-corrected chi connectivity index (χ1v) is 8.09. The molecule has 1 aliphatic carbocycles. The molecule has 1 aromatic heterocycles. The molecule has 7 heteroatoms. The number of rotatable bonds is 6. The van der Waals surface area contributed by atoms with Crippen molar-refractivity contribution in [3.63, 3.8) is 0 Å². The summed E-state index contributed by atoms with van der Waals surface area (Å²) in [6.07, 6.45) is 2.43. The van der Waals surface area contributed by atoms with Gasteiger partial charge in [0.2, 0.25) is 5.89 Å². The number of aromatic nitrogens is 2. The van der Waals surface area contributed by atoms with Crippen molar-refractivity contribution in [2.45, 2.75) is 38.6 Å². The van der Waals surface area contributed by atoms with Crippen LogP contribution in [-0.4, -0.2) is 29.2 Å². The second-order valence-electron chi connectivity index (χ2n) is 5.93. The lowest BCUT2D eigenvalue weighted by atomic mass is 9.96. The molecule has 2 aromatic rings. The highest BCUT2D eigenvalue weighted by Gasteiger charge is 2.43. The Morgan fingerprint density at radius 1 is 1.25 bits per heavy atom. The van der Waals surface area contributed by atoms with Crippen molar-refractivity contribution in [2.24, 2.45) is 4.99 Å². The van der Waals surface area contributed by atoms with Crippen LogP contribution in [0, 0.1) is 6.92 Å². The van der Waals surface area contributed by atoms with Gasteiger partial charge in [-0.2, -0.15) is 4.98 Å². The van der Waals surface area contributed by atoms with Gasteiger partial charge in [0.1, 0.15) is 6.54 Å². The molecule has 0 radical (unpaired) electrons. The molecule has 0 bridgehead atoms. The van der Waals surface area contributed by atoms with Crippen LogP contribution < -0.4 is 10.6 Å². The van der Waals surface area contributed by atoms with Gasteiger partial charge < -0.3 is 15.2 Å². The fourth-order valence-electron chi connectivity index (χ4n) is 2.66. The normalized spacial score (nSPS) is 15.5. The van der Waals surface area contributed by atoms with Gasteiger partial charge in [-0.15, -0.1) is 24.0 Å².